The van der Waals surface area contributed by atoms with Crippen LogP contribution in [0.4, 0.5) is 10.1 Å². The van der Waals surface area contributed by atoms with E-state index in [-0.39, 0.29) is 5.69 Å². The van der Waals surface area contributed by atoms with E-state index in [4.69, 9.17) is 0 Å². The Morgan fingerprint density at radius 3 is 2.65 bits per heavy atom. The Morgan fingerprint density at radius 2 is 2.12 bits per heavy atom. The van der Waals surface area contributed by atoms with Gasteiger partial charge in [-0.1, -0.05) is 23.4 Å². The molecule has 2 aromatic rings. The number of benzene rings is 1. The van der Waals surface area contributed by atoms with Gasteiger partial charge in [-0.25, -0.2) is 4.39 Å². The van der Waals surface area contributed by atoms with Crippen LogP contribution in [0.5, 0.6) is 0 Å². The van der Waals surface area contributed by atoms with Gasteiger partial charge in [-0.15, -0.1) is 0 Å². The number of carbonyl (C=O) groups is 1. The lowest BCUT2D eigenvalue weighted by Gasteiger charge is -2.19. The van der Waals surface area contributed by atoms with E-state index >= 15 is 0 Å². The van der Waals surface area contributed by atoms with Crippen molar-refractivity contribution in [3.63, 3.8) is 0 Å². The maximum absolute atomic E-state index is 13.2. The maximum Gasteiger partial charge on any atom is 0.283 e. The second-order valence-corrected chi connectivity index (χ2v) is 3.40. The van der Waals surface area contributed by atoms with Crippen LogP contribution in [0, 0.1) is 5.82 Å². The Kier molecular flexibility index (Phi) is 3.18. The van der Waals surface area contributed by atoms with Crippen molar-refractivity contribution in [2.24, 2.45) is 0 Å². The third-order valence-corrected chi connectivity index (χ3v) is 2.36. The van der Waals surface area contributed by atoms with Gasteiger partial charge < -0.3 is 9.42 Å². The van der Waals surface area contributed by atoms with E-state index in [0.717, 1.165) is 6.26 Å². The number of hydrogen-bond acceptors (Lipinski definition) is 3. The fourth-order valence-electron chi connectivity index (χ4n) is 1.55. The van der Waals surface area contributed by atoms with Crippen LogP contribution in [0.2, 0.25) is 0 Å². The Labute approximate surface area is 97.6 Å². The van der Waals surface area contributed by atoms with Crippen LogP contribution in [-0.4, -0.2) is 17.6 Å². The van der Waals surface area contributed by atoms with E-state index in [1.54, 1.807) is 12.1 Å². The Hall–Kier alpha value is -2.17. The van der Waals surface area contributed by atoms with Crippen molar-refractivity contribution in [2.75, 3.05) is 11.4 Å². The molecule has 0 aliphatic heterocycles. The molecule has 17 heavy (non-hydrogen) atoms. The van der Waals surface area contributed by atoms with Crippen LogP contribution in [0.3, 0.4) is 0 Å². The number of para-hydroxylation sites is 1. The summed E-state index contributed by atoms with van der Waals surface area (Å²) in [6.07, 6.45) is 0.812. The highest BCUT2D eigenvalue weighted by Crippen LogP contribution is 2.17. The fraction of sp³-hybridized carbons (Fsp3) is 0.167. The minimum Gasteiger partial charge on any atom is -0.361 e. The first kappa shape index (κ1) is 11.3. The number of rotatable bonds is 3. The van der Waals surface area contributed by atoms with Crippen LogP contribution >= 0.6 is 0 Å². The fourth-order valence-corrected chi connectivity index (χ4v) is 1.55. The standard InChI is InChI=1S/C12H11FN2O2/c1-2-15(9-6-4-3-5-7-9)12(16)11-10(13)8-17-14-11/h3-8H,2H2,1H3. The molecule has 0 bridgehead atoms. The SMILES string of the molecule is CCN(C(=O)c1nocc1F)c1ccccc1. The molecule has 4 nitrogen and oxygen atoms in total. The summed E-state index contributed by atoms with van der Waals surface area (Å²) in [5.74, 6) is -1.26. The number of hydrogen-bond donors (Lipinski definition) is 0. The number of halogens is 1. The first-order chi connectivity index (χ1) is 8.24. The summed E-state index contributed by atoms with van der Waals surface area (Å²) in [4.78, 5) is 13.5. The largest absolute Gasteiger partial charge is 0.361 e. The molecule has 1 aromatic heterocycles. The molecule has 0 N–H and O–H groups in total. The average Bonchev–Trinajstić information content (AvgIpc) is 2.77. The molecule has 0 spiro atoms. The summed E-state index contributed by atoms with van der Waals surface area (Å²) in [6, 6.07) is 9.02. The molecule has 0 aliphatic carbocycles. The topological polar surface area (TPSA) is 46.3 Å². The van der Waals surface area contributed by atoms with Gasteiger partial charge in [0.25, 0.3) is 5.91 Å². The average molecular weight is 234 g/mol. The summed E-state index contributed by atoms with van der Waals surface area (Å²) in [5.41, 5.74) is 0.401. The molecule has 0 radical (unpaired) electrons. The molecule has 0 saturated carbocycles. The minimum atomic E-state index is -0.746. The van der Waals surface area contributed by atoms with Gasteiger partial charge in [-0.05, 0) is 19.1 Å². The zero-order chi connectivity index (χ0) is 12.3. The number of amides is 1. The third kappa shape index (κ3) is 2.18. The van der Waals surface area contributed by atoms with E-state index < -0.39 is 11.7 Å². The Morgan fingerprint density at radius 1 is 1.41 bits per heavy atom. The van der Waals surface area contributed by atoms with E-state index in [9.17, 15) is 9.18 Å². The zero-order valence-corrected chi connectivity index (χ0v) is 9.26. The van der Waals surface area contributed by atoms with E-state index in [1.807, 2.05) is 25.1 Å². The third-order valence-electron chi connectivity index (χ3n) is 2.36. The molecule has 5 heteroatoms. The zero-order valence-electron chi connectivity index (χ0n) is 9.26. The summed E-state index contributed by atoms with van der Waals surface area (Å²) in [6.45, 7) is 2.23. The van der Waals surface area contributed by atoms with Crippen LogP contribution in [0.25, 0.3) is 0 Å². The highest BCUT2D eigenvalue weighted by atomic mass is 19.1. The molecule has 0 atom stereocenters. The van der Waals surface area contributed by atoms with Crippen molar-refractivity contribution < 1.29 is 13.7 Å². The lowest BCUT2D eigenvalue weighted by molar-refractivity contribution is 0.0976. The Balaban J connectivity index is 2.32. The first-order valence-corrected chi connectivity index (χ1v) is 5.20. The lowest BCUT2D eigenvalue weighted by atomic mass is 10.2. The van der Waals surface area contributed by atoms with E-state index in [2.05, 4.69) is 9.68 Å². The molecule has 0 aliphatic rings. The first-order valence-electron chi connectivity index (χ1n) is 5.20. The van der Waals surface area contributed by atoms with Gasteiger partial charge in [0, 0.05) is 12.2 Å². The summed E-state index contributed by atoms with van der Waals surface area (Å²) in [5, 5.41) is 3.37. The Bertz CT molecular complexity index is 510. The van der Waals surface area contributed by atoms with Gasteiger partial charge >= 0.3 is 0 Å². The monoisotopic (exact) mass is 234 g/mol. The molecular formula is C12H11FN2O2. The summed E-state index contributed by atoms with van der Waals surface area (Å²) in [7, 11) is 0. The van der Waals surface area contributed by atoms with Crippen molar-refractivity contribution in [3.8, 4) is 0 Å². The molecule has 0 fully saturated rings. The normalized spacial score (nSPS) is 10.2. The molecule has 1 amide bonds. The molecular weight excluding hydrogens is 223 g/mol. The summed E-state index contributed by atoms with van der Waals surface area (Å²) < 4.78 is 17.6. The van der Waals surface area contributed by atoms with Crippen LogP contribution in [0.1, 0.15) is 17.4 Å². The van der Waals surface area contributed by atoms with Crippen molar-refractivity contribution in [2.45, 2.75) is 6.92 Å². The molecule has 2 rings (SSSR count). The van der Waals surface area contributed by atoms with Crippen molar-refractivity contribution in [1.82, 2.24) is 5.16 Å². The molecule has 1 aromatic carbocycles. The molecule has 88 valence electrons. The van der Waals surface area contributed by atoms with E-state index in [0.29, 0.717) is 12.2 Å². The maximum atomic E-state index is 13.2. The number of aromatic nitrogens is 1. The van der Waals surface area contributed by atoms with Crippen LogP contribution < -0.4 is 4.90 Å². The second kappa shape index (κ2) is 4.78. The van der Waals surface area contributed by atoms with Gasteiger partial charge in [-0.3, -0.25) is 4.79 Å². The summed E-state index contributed by atoms with van der Waals surface area (Å²) >= 11 is 0. The van der Waals surface area contributed by atoms with Crippen molar-refractivity contribution >= 4 is 11.6 Å². The highest BCUT2D eigenvalue weighted by Gasteiger charge is 2.22. The van der Waals surface area contributed by atoms with Gasteiger partial charge in [0.15, 0.2) is 12.1 Å². The smallest absolute Gasteiger partial charge is 0.283 e. The van der Waals surface area contributed by atoms with Crippen LogP contribution in [-0.2, 0) is 0 Å². The number of anilines is 1. The molecule has 0 unspecified atom stereocenters. The van der Waals surface area contributed by atoms with Gasteiger partial charge in [0.2, 0.25) is 5.69 Å². The highest BCUT2D eigenvalue weighted by molar-refractivity contribution is 6.04. The van der Waals surface area contributed by atoms with Gasteiger partial charge in [0.1, 0.15) is 0 Å². The predicted octanol–water partition coefficient (Wildman–Crippen LogP) is 2.48. The number of nitrogens with zero attached hydrogens (tertiary/aromatic N) is 2. The van der Waals surface area contributed by atoms with E-state index in [1.165, 1.54) is 4.90 Å². The molecule has 1 heterocycles. The molecule has 0 saturated heterocycles. The predicted molar refractivity (Wildman–Crippen MR) is 60.3 cm³/mol. The quantitative estimate of drug-likeness (QED) is 0.819. The van der Waals surface area contributed by atoms with Crippen molar-refractivity contribution in [1.29, 1.82) is 0 Å². The second-order valence-electron chi connectivity index (χ2n) is 3.40. The van der Waals surface area contributed by atoms with Gasteiger partial charge in [-0.2, -0.15) is 0 Å². The van der Waals surface area contributed by atoms with Crippen LogP contribution in [0.15, 0.2) is 41.1 Å². The minimum absolute atomic E-state index is 0.296. The lowest BCUT2D eigenvalue weighted by Crippen LogP contribution is -2.31. The van der Waals surface area contributed by atoms with Gasteiger partial charge in [0.05, 0.1) is 0 Å². The van der Waals surface area contributed by atoms with Crippen molar-refractivity contribution in [3.05, 3.63) is 48.1 Å². The number of carbonyl (C=O) groups excluding carboxylic acids is 1.